The first-order valence-corrected chi connectivity index (χ1v) is 6.95. The van der Waals surface area contributed by atoms with Crippen molar-refractivity contribution in [3.63, 3.8) is 0 Å². The van der Waals surface area contributed by atoms with Gasteiger partial charge >= 0.3 is 0 Å². The number of likely N-dealkylation sites (tertiary alicyclic amines) is 1. The molecule has 0 aromatic rings. The maximum absolute atomic E-state index is 12.2. The number of hydrogen-bond donors (Lipinski definition) is 3. The number of amides is 1. The van der Waals surface area contributed by atoms with E-state index in [1.807, 2.05) is 0 Å². The quantitative estimate of drug-likeness (QED) is 0.208. The van der Waals surface area contributed by atoms with Gasteiger partial charge in [0.25, 0.3) is 0 Å². The van der Waals surface area contributed by atoms with Crippen molar-refractivity contribution in [3.8, 4) is 12.3 Å². The van der Waals surface area contributed by atoms with Crippen LogP contribution in [0.5, 0.6) is 0 Å². The molecule has 1 aliphatic heterocycles. The molecule has 1 aliphatic rings. The van der Waals surface area contributed by atoms with Crippen molar-refractivity contribution in [2.45, 2.75) is 37.8 Å². The summed E-state index contributed by atoms with van der Waals surface area (Å²) in [6.07, 6.45) is 4.55. The third-order valence-electron chi connectivity index (χ3n) is 3.38. The predicted octanol–water partition coefficient (Wildman–Crippen LogP) is 0.0982. The van der Waals surface area contributed by atoms with E-state index in [9.17, 15) is 4.79 Å². The Morgan fingerprint density at radius 3 is 2.74 bits per heavy atom. The normalized spacial score (nSPS) is 17.8. The van der Waals surface area contributed by atoms with Gasteiger partial charge in [0, 0.05) is 20.1 Å². The molecule has 1 rings (SSSR count). The largest absolute Gasteiger partial charge is 0.356 e. The van der Waals surface area contributed by atoms with Crippen molar-refractivity contribution >= 4 is 36.7 Å². The molecule has 0 unspecified atom stereocenters. The number of nitrogens with zero attached hydrogens (tertiary/aromatic N) is 4. The highest BCUT2D eigenvalue weighted by Crippen LogP contribution is 2.17. The second-order valence-electron chi connectivity index (χ2n) is 4.80. The van der Waals surface area contributed by atoms with E-state index in [4.69, 9.17) is 16.3 Å². The Bertz CT molecular complexity index is 472. The molecule has 23 heavy (non-hydrogen) atoms. The molecular weight excluding hydrogens is 341 g/mol. The summed E-state index contributed by atoms with van der Waals surface area (Å²) < 4.78 is 0. The van der Waals surface area contributed by atoms with Gasteiger partial charge < -0.3 is 16.0 Å². The number of nitrogens with one attached hydrogen (secondary N) is 2. The lowest BCUT2D eigenvalue weighted by molar-refractivity contribution is -0.132. The monoisotopic (exact) mass is 363 g/mol. The van der Waals surface area contributed by atoms with E-state index >= 15 is 0 Å². The molecule has 1 amide bonds. The van der Waals surface area contributed by atoms with E-state index in [-0.39, 0.29) is 36.8 Å². The Balaban J connectivity index is 0. The van der Waals surface area contributed by atoms with E-state index in [0.29, 0.717) is 31.9 Å². The minimum absolute atomic E-state index is 0. The molecular formula is C13H23Cl2N7O. The van der Waals surface area contributed by atoms with E-state index in [2.05, 4.69) is 21.7 Å². The van der Waals surface area contributed by atoms with Crippen molar-refractivity contribution in [2.24, 2.45) is 10.7 Å². The highest BCUT2D eigenvalue weighted by atomic mass is 35.5. The molecule has 2 atom stereocenters. The number of halogens is 2. The first-order valence-electron chi connectivity index (χ1n) is 6.95. The Hall–Kier alpha value is -1.74. The maximum atomic E-state index is 12.2. The van der Waals surface area contributed by atoms with Gasteiger partial charge in [0.15, 0.2) is 6.19 Å². The summed E-state index contributed by atoms with van der Waals surface area (Å²) in [7, 11) is 1.57. The van der Waals surface area contributed by atoms with Crippen LogP contribution in [0.15, 0.2) is 4.99 Å². The van der Waals surface area contributed by atoms with Gasteiger partial charge in [-0.25, -0.2) is 0 Å². The van der Waals surface area contributed by atoms with E-state index in [1.54, 1.807) is 18.1 Å². The second-order valence-corrected chi connectivity index (χ2v) is 4.80. The molecule has 0 bridgehead atoms. The Labute approximate surface area is 148 Å². The number of hydrogen-bond acceptors (Lipinski definition) is 5. The fraction of sp³-hybridized carbons (Fsp3) is 0.692. The molecule has 130 valence electrons. The van der Waals surface area contributed by atoms with Gasteiger partial charge in [-0.3, -0.25) is 15.1 Å². The van der Waals surface area contributed by atoms with Crippen LogP contribution in [-0.4, -0.2) is 49.0 Å². The van der Waals surface area contributed by atoms with Crippen LogP contribution in [0, 0.1) is 22.8 Å². The van der Waals surface area contributed by atoms with Crippen LogP contribution in [0.3, 0.4) is 0 Å². The van der Waals surface area contributed by atoms with E-state index in [1.165, 1.54) is 0 Å². The molecule has 1 saturated heterocycles. The SMILES string of the molecule is CN=C(NC#N)NCCC[C@H](N)C(=O)N1CCC[C@H]1C#N.Cl.Cl. The van der Waals surface area contributed by atoms with Crippen molar-refractivity contribution < 1.29 is 4.79 Å². The number of nitrogens with two attached hydrogens (primary N) is 1. The van der Waals surface area contributed by atoms with Gasteiger partial charge in [-0.1, -0.05) is 0 Å². The molecule has 4 N–H and O–H groups in total. The van der Waals surface area contributed by atoms with Crippen LogP contribution < -0.4 is 16.4 Å². The van der Waals surface area contributed by atoms with Crippen LogP contribution >= 0.6 is 24.8 Å². The van der Waals surface area contributed by atoms with Gasteiger partial charge in [0.2, 0.25) is 11.9 Å². The standard InChI is InChI=1S/C13H21N7O.2ClH/c1-17-13(19-9-15)18-6-2-5-11(16)12(21)20-7-3-4-10(20)8-14;;/h10-11H,2-7,16H2,1H3,(H2,17,18,19);2*1H/t10-,11-;;/m0../s1. The molecule has 0 radical (unpaired) electrons. The van der Waals surface area contributed by atoms with Crippen molar-refractivity contribution in [1.29, 1.82) is 10.5 Å². The third-order valence-corrected chi connectivity index (χ3v) is 3.38. The summed E-state index contributed by atoms with van der Waals surface area (Å²) in [6.45, 7) is 1.17. The number of guanidine groups is 1. The fourth-order valence-corrected chi connectivity index (χ4v) is 2.26. The van der Waals surface area contributed by atoms with Crippen LogP contribution in [0.4, 0.5) is 0 Å². The number of carbonyl (C=O) groups excluding carboxylic acids is 1. The smallest absolute Gasteiger partial charge is 0.240 e. The number of nitriles is 2. The third kappa shape index (κ3) is 7.38. The lowest BCUT2D eigenvalue weighted by atomic mass is 10.1. The van der Waals surface area contributed by atoms with Gasteiger partial charge in [-0.2, -0.15) is 10.5 Å². The molecule has 0 aromatic carbocycles. The van der Waals surface area contributed by atoms with Gasteiger partial charge in [0.1, 0.15) is 6.04 Å². The molecule has 0 aromatic heterocycles. The van der Waals surface area contributed by atoms with Gasteiger partial charge in [-0.05, 0) is 25.7 Å². The minimum Gasteiger partial charge on any atom is -0.356 e. The van der Waals surface area contributed by atoms with E-state index < -0.39 is 6.04 Å². The van der Waals surface area contributed by atoms with Crippen molar-refractivity contribution in [3.05, 3.63) is 0 Å². The first-order chi connectivity index (χ1) is 10.1. The predicted molar refractivity (Wildman–Crippen MR) is 92.2 cm³/mol. The average molecular weight is 364 g/mol. The highest BCUT2D eigenvalue weighted by Gasteiger charge is 2.31. The molecule has 1 fully saturated rings. The van der Waals surface area contributed by atoms with Crippen LogP contribution in [0.1, 0.15) is 25.7 Å². The summed E-state index contributed by atoms with van der Waals surface area (Å²) in [5.41, 5.74) is 5.90. The zero-order valence-electron chi connectivity index (χ0n) is 13.0. The fourth-order valence-electron chi connectivity index (χ4n) is 2.26. The summed E-state index contributed by atoms with van der Waals surface area (Å²) in [6, 6.07) is 1.21. The lowest BCUT2D eigenvalue weighted by Gasteiger charge is -2.23. The Morgan fingerprint density at radius 1 is 1.48 bits per heavy atom. The molecule has 0 spiro atoms. The zero-order valence-corrected chi connectivity index (χ0v) is 14.6. The van der Waals surface area contributed by atoms with Crippen molar-refractivity contribution in [1.82, 2.24) is 15.5 Å². The topological polar surface area (TPSA) is 130 Å². The minimum atomic E-state index is -0.591. The Kier molecular flexibility index (Phi) is 13.1. The van der Waals surface area contributed by atoms with Crippen LogP contribution in [0.25, 0.3) is 0 Å². The summed E-state index contributed by atoms with van der Waals surface area (Å²) >= 11 is 0. The molecule has 8 nitrogen and oxygen atoms in total. The number of rotatable bonds is 5. The summed E-state index contributed by atoms with van der Waals surface area (Å²) in [5.74, 6) is 0.236. The van der Waals surface area contributed by atoms with Gasteiger partial charge in [-0.15, -0.1) is 24.8 Å². The first kappa shape index (κ1) is 23.5. The summed E-state index contributed by atoms with van der Waals surface area (Å²) in [4.78, 5) is 17.6. The van der Waals surface area contributed by atoms with Crippen molar-refractivity contribution in [2.75, 3.05) is 20.1 Å². The van der Waals surface area contributed by atoms with E-state index in [0.717, 1.165) is 12.8 Å². The Morgan fingerprint density at radius 2 is 2.17 bits per heavy atom. The molecule has 0 aliphatic carbocycles. The second kappa shape index (κ2) is 12.8. The lowest BCUT2D eigenvalue weighted by Crippen LogP contribution is -2.46. The zero-order chi connectivity index (χ0) is 15.7. The molecule has 1 heterocycles. The number of aliphatic imine (C=N–C) groups is 1. The molecule has 10 heteroatoms. The highest BCUT2D eigenvalue weighted by molar-refractivity contribution is 5.85. The maximum Gasteiger partial charge on any atom is 0.240 e. The molecule has 0 saturated carbocycles. The number of carbonyl (C=O) groups is 1. The van der Waals surface area contributed by atoms with Crippen LogP contribution in [0.2, 0.25) is 0 Å². The summed E-state index contributed by atoms with van der Waals surface area (Å²) in [5, 5.41) is 22.8. The van der Waals surface area contributed by atoms with Gasteiger partial charge in [0.05, 0.1) is 12.1 Å². The van der Waals surface area contributed by atoms with Crippen LogP contribution in [-0.2, 0) is 4.79 Å². The average Bonchev–Trinajstić information content (AvgIpc) is 2.97.